The average Bonchev–Trinajstić information content (AvgIpc) is 2.62. The number of anilines is 1. The first kappa shape index (κ1) is 20.1. The van der Waals surface area contributed by atoms with Gasteiger partial charge in [-0.1, -0.05) is 30.1 Å². The summed E-state index contributed by atoms with van der Waals surface area (Å²) in [5, 5.41) is 3.53. The minimum atomic E-state index is -0.775. The highest BCUT2D eigenvalue weighted by atomic mass is 35.5. The van der Waals surface area contributed by atoms with Crippen molar-refractivity contribution in [3.8, 4) is 5.75 Å². The molecule has 2 rings (SSSR count). The van der Waals surface area contributed by atoms with E-state index in [0.717, 1.165) is 6.42 Å². The molecule has 1 amide bonds. The largest absolute Gasteiger partial charge is 0.479 e. The van der Waals surface area contributed by atoms with Crippen LogP contribution in [0.1, 0.15) is 30.6 Å². The lowest BCUT2D eigenvalue weighted by Crippen LogP contribution is -2.30. The molecule has 0 aliphatic carbocycles. The second kappa shape index (κ2) is 9.46. The Bertz CT molecular complexity index is 778. The number of hydrogen-bond acceptors (Lipinski definition) is 4. The molecule has 0 saturated carbocycles. The summed E-state index contributed by atoms with van der Waals surface area (Å²) in [4.78, 5) is 24.0. The summed E-state index contributed by atoms with van der Waals surface area (Å²) in [6.45, 7) is 3.91. The number of hydrogen-bond donors (Lipinski definition) is 1. The summed E-state index contributed by atoms with van der Waals surface area (Å²) in [5.74, 6) is -0.371. The lowest BCUT2D eigenvalue weighted by molar-refractivity contribution is -0.122. The van der Waals surface area contributed by atoms with Crippen molar-refractivity contribution in [2.24, 2.45) is 0 Å². The van der Waals surface area contributed by atoms with Gasteiger partial charge in [0.15, 0.2) is 6.10 Å². The van der Waals surface area contributed by atoms with Crippen LogP contribution in [0.25, 0.3) is 0 Å². The van der Waals surface area contributed by atoms with Crippen molar-refractivity contribution in [2.45, 2.75) is 26.4 Å². The molecule has 2 aromatic carbocycles. The summed E-state index contributed by atoms with van der Waals surface area (Å²) >= 11 is 11.9. The van der Waals surface area contributed by atoms with Crippen molar-refractivity contribution < 1.29 is 19.1 Å². The van der Waals surface area contributed by atoms with E-state index in [1.54, 1.807) is 49.4 Å². The number of benzene rings is 2. The molecule has 1 N–H and O–H groups in total. The van der Waals surface area contributed by atoms with E-state index < -0.39 is 6.10 Å². The lowest BCUT2D eigenvalue weighted by atomic mass is 10.2. The molecule has 5 nitrogen and oxygen atoms in total. The van der Waals surface area contributed by atoms with Gasteiger partial charge in [-0.25, -0.2) is 4.79 Å². The number of carbonyl (C=O) groups is 2. The van der Waals surface area contributed by atoms with Crippen LogP contribution in [-0.4, -0.2) is 24.6 Å². The third-order valence-electron chi connectivity index (χ3n) is 3.39. The topological polar surface area (TPSA) is 64.6 Å². The molecule has 26 heavy (non-hydrogen) atoms. The monoisotopic (exact) mass is 395 g/mol. The summed E-state index contributed by atoms with van der Waals surface area (Å²) in [6, 6.07) is 11.2. The van der Waals surface area contributed by atoms with Gasteiger partial charge in [-0.2, -0.15) is 0 Å². The van der Waals surface area contributed by atoms with Crippen molar-refractivity contribution in [2.75, 3.05) is 11.9 Å². The van der Waals surface area contributed by atoms with E-state index in [0.29, 0.717) is 33.7 Å². The van der Waals surface area contributed by atoms with Crippen LogP contribution in [0.2, 0.25) is 10.0 Å². The highest BCUT2D eigenvalue weighted by Gasteiger charge is 2.17. The van der Waals surface area contributed by atoms with Gasteiger partial charge >= 0.3 is 5.97 Å². The zero-order valence-corrected chi connectivity index (χ0v) is 15.9. The van der Waals surface area contributed by atoms with Gasteiger partial charge in [0.05, 0.1) is 17.2 Å². The molecule has 1 atom stereocenters. The lowest BCUT2D eigenvalue weighted by Gasteiger charge is -2.16. The SMILES string of the molecule is CCCOC(=O)c1ccc(NC(=O)C(C)Oc2ccc(Cl)cc2Cl)cc1. The Hall–Kier alpha value is -2.24. The van der Waals surface area contributed by atoms with Crippen LogP contribution in [0.5, 0.6) is 5.75 Å². The molecule has 0 aliphatic rings. The number of esters is 1. The Kier molecular flexibility index (Phi) is 7.30. The second-order valence-corrected chi connectivity index (χ2v) is 6.38. The second-order valence-electron chi connectivity index (χ2n) is 5.54. The Balaban J connectivity index is 1.95. The van der Waals surface area contributed by atoms with Crippen molar-refractivity contribution in [1.29, 1.82) is 0 Å². The summed E-state index contributed by atoms with van der Waals surface area (Å²) in [5.41, 5.74) is 0.966. The maximum absolute atomic E-state index is 12.3. The molecule has 0 spiro atoms. The first-order chi connectivity index (χ1) is 12.4. The van der Waals surface area contributed by atoms with Crippen molar-refractivity contribution in [1.82, 2.24) is 0 Å². The first-order valence-electron chi connectivity index (χ1n) is 8.10. The number of carbonyl (C=O) groups excluding carboxylic acids is 2. The smallest absolute Gasteiger partial charge is 0.338 e. The quantitative estimate of drug-likeness (QED) is 0.672. The fourth-order valence-electron chi connectivity index (χ4n) is 2.03. The fraction of sp³-hybridized carbons (Fsp3) is 0.263. The predicted molar refractivity (Wildman–Crippen MR) is 102 cm³/mol. The van der Waals surface area contributed by atoms with Gasteiger partial charge in [0.25, 0.3) is 5.91 Å². The summed E-state index contributed by atoms with van der Waals surface area (Å²) < 4.78 is 10.6. The van der Waals surface area contributed by atoms with E-state index in [1.165, 1.54) is 0 Å². The van der Waals surface area contributed by atoms with E-state index in [2.05, 4.69) is 5.32 Å². The number of amides is 1. The van der Waals surface area contributed by atoms with E-state index in [4.69, 9.17) is 32.7 Å². The minimum Gasteiger partial charge on any atom is -0.479 e. The Labute approximate surface area is 162 Å². The molecular weight excluding hydrogens is 377 g/mol. The Morgan fingerprint density at radius 3 is 2.42 bits per heavy atom. The van der Waals surface area contributed by atoms with Crippen molar-refractivity contribution in [3.05, 3.63) is 58.1 Å². The summed E-state index contributed by atoms with van der Waals surface area (Å²) in [7, 11) is 0. The molecule has 0 bridgehead atoms. The van der Waals surface area contributed by atoms with E-state index >= 15 is 0 Å². The molecule has 0 aliphatic heterocycles. The van der Waals surface area contributed by atoms with Gasteiger partial charge in [-0.05, 0) is 55.8 Å². The van der Waals surface area contributed by atoms with Crippen molar-refractivity contribution >= 4 is 40.8 Å². The van der Waals surface area contributed by atoms with Crippen molar-refractivity contribution in [3.63, 3.8) is 0 Å². The van der Waals surface area contributed by atoms with E-state index in [1.807, 2.05) is 6.92 Å². The normalized spacial score (nSPS) is 11.5. The molecule has 2 aromatic rings. The minimum absolute atomic E-state index is 0.326. The predicted octanol–water partition coefficient (Wildman–Crippen LogP) is 4.97. The molecule has 0 radical (unpaired) electrons. The maximum Gasteiger partial charge on any atom is 0.338 e. The third-order valence-corrected chi connectivity index (χ3v) is 3.92. The zero-order valence-electron chi connectivity index (χ0n) is 14.4. The van der Waals surface area contributed by atoms with Crippen LogP contribution >= 0.6 is 23.2 Å². The molecule has 1 unspecified atom stereocenters. The van der Waals surface area contributed by atoms with Crippen LogP contribution in [0, 0.1) is 0 Å². The highest BCUT2D eigenvalue weighted by molar-refractivity contribution is 6.35. The van der Waals surface area contributed by atoms with Gasteiger partial charge in [0, 0.05) is 10.7 Å². The average molecular weight is 396 g/mol. The molecule has 7 heteroatoms. The first-order valence-corrected chi connectivity index (χ1v) is 8.86. The van der Waals surface area contributed by atoms with Crippen LogP contribution in [0.3, 0.4) is 0 Å². The molecular formula is C19H19Cl2NO4. The Morgan fingerprint density at radius 2 is 1.81 bits per heavy atom. The number of ether oxygens (including phenoxy) is 2. The van der Waals surface area contributed by atoms with Crippen LogP contribution in [0.15, 0.2) is 42.5 Å². The van der Waals surface area contributed by atoms with Gasteiger partial charge in [-0.3, -0.25) is 4.79 Å². The molecule has 138 valence electrons. The molecule has 0 fully saturated rings. The van der Waals surface area contributed by atoms with Gasteiger partial charge in [-0.15, -0.1) is 0 Å². The van der Waals surface area contributed by atoms with Gasteiger partial charge < -0.3 is 14.8 Å². The van der Waals surface area contributed by atoms with Gasteiger partial charge in [0.1, 0.15) is 5.75 Å². The molecule has 0 heterocycles. The maximum atomic E-state index is 12.3. The van der Waals surface area contributed by atoms with Crippen LogP contribution < -0.4 is 10.1 Å². The van der Waals surface area contributed by atoms with Gasteiger partial charge in [0.2, 0.25) is 0 Å². The Morgan fingerprint density at radius 1 is 1.12 bits per heavy atom. The standard InChI is InChI=1S/C19H19Cl2NO4/c1-3-10-25-19(24)13-4-7-15(8-5-13)22-18(23)12(2)26-17-9-6-14(20)11-16(17)21/h4-9,11-12H,3,10H2,1-2H3,(H,22,23). The third kappa shape index (κ3) is 5.64. The fourth-order valence-corrected chi connectivity index (χ4v) is 2.48. The van der Waals surface area contributed by atoms with E-state index in [9.17, 15) is 9.59 Å². The molecule has 0 saturated heterocycles. The highest BCUT2D eigenvalue weighted by Crippen LogP contribution is 2.28. The molecule has 0 aromatic heterocycles. The number of rotatable bonds is 7. The zero-order chi connectivity index (χ0) is 19.1. The van der Waals surface area contributed by atoms with Crippen LogP contribution in [-0.2, 0) is 9.53 Å². The van der Waals surface area contributed by atoms with Crippen LogP contribution in [0.4, 0.5) is 5.69 Å². The summed E-state index contributed by atoms with van der Waals surface area (Å²) in [6.07, 6.45) is -0.0158. The van der Waals surface area contributed by atoms with E-state index in [-0.39, 0.29) is 11.9 Å². The number of nitrogens with one attached hydrogen (secondary N) is 1. The number of halogens is 2.